The van der Waals surface area contributed by atoms with E-state index in [2.05, 4.69) is 15.9 Å². The van der Waals surface area contributed by atoms with Crippen molar-refractivity contribution in [1.29, 1.82) is 0 Å². The molecule has 0 aliphatic carbocycles. The fourth-order valence-electron chi connectivity index (χ4n) is 1.41. The predicted molar refractivity (Wildman–Crippen MR) is 65.0 cm³/mol. The van der Waals surface area contributed by atoms with Crippen LogP contribution in [-0.2, 0) is 13.2 Å². The van der Waals surface area contributed by atoms with Gasteiger partial charge in [0.25, 0.3) is 0 Å². The van der Waals surface area contributed by atoms with Gasteiger partial charge in [0.2, 0.25) is 0 Å². The van der Waals surface area contributed by atoms with Crippen LogP contribution in [0.2, 0.25) is 0 Å². The molecule has 0 amide bonds. The lowest BCUT2D eigenvalue weighted by molar-refractivity contribution is 0.266. The predicted octanol–water partition coefficient (Wildman–Crippen LogP) is 3.22. The molecular weight excluding hydrogens is 289 g/mol. The van der Waals surface area contributed by atoms with E-state index < -0.39 is 0 Å². The molecule has 3 nitrogen and oxygen atoms in total. The molecule has 0 fully saturated rings. The smallest absolute Gasteiger partial charge is 0.146 e. The highest BCUT2D eigenvalue weighted by molar-refractivity contribution is 9.10. The Balaban J connectivity index is 2.09. The summed E-state index contributed by atoms with van der Waals surface area (Å²) in [6, 6.07) is 6.06. The molecule has 0 saturated carbocycles. The molecule has 0 bridgehead atoms. The van der Waals surface area contributed by atoms with Gasteiger partial charge in [0.15, 0.2) is 0 Å². The minimum atomic E-state index is -0.346. The monoisotopic (exact) mass is 299 g/mol. The van der Waals surface area contributed by atoms with Crippen LogP contribution in [0.4, 0.5) is 4.39 Å². The Bertz CT molecular complexity index is 513. The minimum absolute atomic E-state index is 0.224. The van der Waals surface area contributed by atoms with Gasteiger partial charge in [0.1, 0.15) is 23.9 Å². The van der Waals surface area contributed by atoms with Crippen LogP contribution in [0.5, 0.6) is 5.75 Å². The maximum Gasteiger partial charge on any atom is 0.146 e. The van der Waals surface area contributed by atoms with Crippen molar-refractivity contribution in [1.82, 2.24) is 0 Å². The van der Waals surface area contributed by atoms with Gasteiger partial charge >= 0.3 is 0 Å². The van der Waals surface area contributed by atoms with Crippen LogP contribution < -0.4 is 10.5 Å². The highest BCUT2D eigenvalue weighted by Crippen LogP contribution is 2.26. The number of hydrogen-bond acceptors (Lipinski definition) is 3. The van der Waals surface area contributed by atoms with Gasteiger partial charge in [0, 0.05) is 18.2 Å². The normalized spacial score (nSPS) is 10.5. The van der Waals surface area contributed by atoms with Crippen molar-refractivity contribution in [3.63, 3.8) is 0 Å². The van der Waals surface area contributed by atoms with Crippen LogP contribution in [0.1, 0.15) is 11.3 Å². The summed E-state index contributed by atoms with van der Waals surface area (Å²) in [5.41, 5.74) is 6.42. The second kappa shape index (κ2) is 5.33. The molecule has 0 aliphatic rings. The third-order valence-electron chi connectivity index (χ3n) is 2.31. The van der Waals surface area contributed by atoms with Crippen molar-refractivity contribution < 1.29 is 13.5 Å². The van der Waals surface area contributed by atoms with Crippen molar-refractivity contribution in [3.05, 3.63) is 52.1 Å². The largest absolute Gasteiger partial charge is 0.484 e. The van der Waals surface area contributed by atoms with Crippen LogP contribution in [0.25, 0.3) is 0 Å². The molecule has 0 spiro atoms. The Morgan fingerprint density at radius 2 is 2.18 bits per heavy atom. The lowest BCUT2D eigenvalue weighted by atomic mass is 10.2. The second-order valence-electron chi connectivity index (χ2n) is 3.44. The molecule has 0 radical (unpaired) electrons. The zero-order valence-corrected chi connectivity index (χ0v) is 10.5. The van der Waals surface area contributed by atoms with Gasteiger partial charge in [0.05, 0.1) is 10.7 Å². The van der Waals surface area contributed by atoms with E-state index in [0.29, 0.717) is 22.5 Å². The molecule has 17 heavy (non-hydrogen) atoms. The van der Waals surface area contributed by atoms with Crippen LogP contribution in [0.3, 0.4) is 0 Å². The quantitative estimate of drug-likeness (QED) is 0.943. The summed E-state index contributed by atoms with van der Waals surface area (Å²) in [4.78, 5) is 0. The number of hydrogen-bond donors (Lipinski definition) is 1. The third-order valence-corrected chi connectivity index (χ3v) is 2.96. The molecule has 5 heteroatoms. The molecule has 0 saturated heterocycles. The SMILES string of the molecule is NCc1ccoc1COc1cc(F)ccc1Br. The molecule has 2 N–H and O–H groups in total. The first-order chi connectivity index (χ1) is 8.20. The van der Waals surface area contributed by atoms with Gasteiger partial charge in [-0.2, -0.15) is 0 Å². The van der Waals surface area contributed by atoms with E-state index in [4.69, 9.17) is 14.9 Å². The van der Waals surface area contributed by atoms with E-state index in [1.165, 1.54) is 12.1 Å². The zero-order chi connectivity index (χ0) is 12.3. The van der Waals surface area contributed by atoms with E-state index in [-0.39, 0.29) is 12.4 Å². The van der Waals surface area contributed by atoms with E-state index in [0.717, 1.165) is 5.56 Å². The van der Waals surface area contributed by atoms with Gasteiger partial charge in [-0.15, -0.1) is 0 Å². The number of rotatable bonds is 4. The van der Waals surface area contributed by atoms with Crippen LogP contribution in [0, 0.1) is 5.82 Å². The lowest BCUT2D eigenvalue weighted by Gasteiger charge is -2.07. The summed E-state index contributed by atoms with van der Waals surface area (Å²) in [5, 5.41) is 0. The Kier molecular flexibility index (Phi) is 3.81. The molecule has 1 heterocycles. The van der Waals surface area contributed by atoms with E-state index in [1.54, 1.807) is 18.4 Å². The Morgan fingerprint density at radius 3 is 2.94 bits per heavy atom. The Labute approximate surface area is 106 Å². The lowest BCUT2D eigenvalue weighted by Crippen LogP contribution is -2.02. The van der Waals surface area contributed by atoms with E-state index >= 15 is 0 Å². The number of halogens is 2. The first kappa shape index (κ1) is 12.1. The Hall–Kier alpha value is -1.33. The van der Waals surface area contributed by atoms with Gasteiger partial charge in [-0.1, -0.05) is 0 Å². The van der Waals surface area contributed by atoms with Crippen molar-refractivity contribution >= 4 is 15.9 Å². The summed E-state index contributed by atoms with van der Waals surface area (Å²) in [5.74, 6) is 0.745. The minimum Gasteiger partial charge on any atom is -0.484 e. The highest BCUT2D eigenvalue weighted by atomic mass is 79.9. The number of benzene rings is 1. The van der Waals surface area contributed by atoms with E-state index in [9.17, 15) is 4.39 Å². The topological polar surface area (TPSA) is 48.4 Å². The molecule has 0 unspecified atom stereocenters. The van der Waals surface area contributed by atoms with Crippen LogP contribution >= 0.6 is 15.9 Å². The summed E-state index contributed by atoms with van der Waals surface area (Å²) >= 11 is 3.28. The maximum absolute atomic E-state index is 13.0. The van der Waals surface area contributed by atoms with Crippen molar-refractivity contribution in [2.75, 3.05) is 0 Å². The van der Waals surface area contributed by atoms with Gasteiger partial charge in [-0.3, -0.25) is 0 Å². The molecule has 1 aromatic heterocycles. The average Bonchev–Trinajstić information content (AvgIpc) is 2.77. The molecular formula is C12H11BrFNO2. The first-order valence-electron chi connectivity index (χ1n) is 5.04. The zero-order valence-electron chi connectivity index (χ0n) is 8.95. The fourth-order valence-corrected chi connectivity index (χ4v) is 1.77. The first-order valence-corrected chi connectivity index (χ1v) is 5.83. The van der Waals surface area contributed by atoms with Crippen LogP contribution in [0.15, 0.2) is 39.4 Å². The standard InChI is InChI=1S/C12H11BrFNO2/c13-10-2-1-9(14)5-11(10)17-7-12-8(6-15)3-4-16-12/h1-5H,6-7,15H2. The summed E-state index contributed by atoms with van der Waals surface area (Å²) in [6.07, 6.45) is 1.56. The molecule has 2 rings (SSSR count). The number of ether oxygens (including phenoxy) is 1. The molecule has 0 atom stereocenters. The van der Waals surface area contributed by atoms with Gasteiger partial charge in [-0.25, -0.2) is 4.39 Å². The summed E-state index contributed by atoms with van der Waals surface area (Å²) < 4.78 is 24.4. The third kappa shape index (κ3) is 2.87. The van der Waals surface area contributed by atoms with Gasteiger partial charge in [-0.05, 0) is 34.1 Å². The Morgan fingerprint density at radius 1 is 1.35 bits per heavy atom. The molecule has 0 aliphatic heterocycles. The van der Waals surface area contributed by atoms with E-state index in [1.807, 2.05) is 0 Å². The van der Waals surface area contributed by atoms with Crippen molar-refractivity contribution in [2.45, 2.75) is 13.2 Å². The fraction of sp³-hybridized carbons (Fsp3) is 0.167. The van der Waals surface area contributed by atoms with Crippen molar-refractivity contribution in [3.8, 4) is 5.75 Å². The molecule has 1 aromatic carbocycles. The average molecular weight is 300 g/mol. The number of furan rings is 1. The summed E-state index contributed by atoms with van der Waals surface area (Å²) in [6.45, 7) is 0.612. The number of nitrogens with two attached hydrogens (primary N) is 1. The maximum atomic E-state index is 13.0. The molecule has 2 aromatic rings. The second-order valence-corrected chi connectivity index (χ2v) is 4.29. The van der Waals surface area contributed by atoms with Gasteiger partial charge < -0.3 is 14.9 Å². The van der Waals surface area contributed by atoms with Crippen molar-refractivity contribution in [2.24, 2.45) is 5.73 Å². The summed E-state index contributed by atoms with van der Waals surface area (Å²) in [7, 11) is 0. The highest BCUT2D eigenvalue weighted by Gasteiger charge is 2.08. The van der Waals surface area contributed by atoms with Crippen LogP contribution in [-0.4, -0.2) is 0 Å². The molecule has 90 valence electrons.